The first-order valence-electron chi connectivity index (χ1n) is 5.70. The van der Waals surface area contributed by atoms with Crippen molar-refractivity contribution in [2.75, 3.05) is 12.3 Å². The first-order chi connectivity index (χ1) is 8.52. The summed E-state index contributed by atoms with van der Waals surface area (Å²) >= 11 is 0. The molecule has 1 atom stereocenters. The highest BCUT2D eigenvalue weighted by molar-refractivity contribution is 5.99. The van der Waals surface area contributed by atoms with Crippen LogP contribution < -0.4 is 22.5 Å². The molecule has 0 bridgehead atoms. The average Bonchev–Trinajstić information content (AvgIpc) is 2.34. The van der Waals surface area contributed by atoms with E-state index in [1.807, 2.05) is 0 Å². The Morgan fingerprint density at radius 1 is 1.28 bits per heavy atom. The van der Waals surface area contributed by atoms with E-state index in [-0.39, 0.29) is 5.91 Å². The van der Waals surface area contributed by atoms with Gasteiger partial charge in [-0.05, 0) is 25.0 Å². The fraction of sp³-hybridized carbons (Fsp3) is 0.333. The Morgan fingerprint density at radius 3 is 2.56 bits per heavy atom. The zero-order chi connectivity index (χ0) is 13.5. The normalized spacial score (nSPS) is 11.8. The summed E-state index contributed by atoms with van der Waals surface area (Å²) < 4.78 is 0. The number of carbonyl (C=O) groups excluding carboxylic acids is 2. The number of hydrogen-bond donors (Lipinski definition) is 4. The molecule has 0 aliphatic heterocycles. The summed E-state index contributed by atoms with van der Waals surface area (Å²) in [6, 6.07) is 6.16. The highest BCUT2D eigenvalue weighted by Crippen LogP contribution is 2.09. The van der Waals surface area contributed by atoms with Crippen molar-refractivity contribution >= 4 is 17.5 Å². The third kappa shape index (κ3) is 4.06. The van der Waals surface area contributed by atoms with Gasteiger partial charge in [0.05, 0.1) is 11.6 Å². The number of carbonyl (C=O) groups is 2. The van der Waals surface area contributed by atoms with Crippen LogP contribution in [0.4, 0.5) is 5.69 Å². The molecule has 6 nitrogen and oxygen atoms in total. The summed E-state index contributed by atoms with van der Waals surface area (Å²) in [5, 5.41) is 2.71. The van der Waals surface area contributed by atoms with E-state index >= 15 is 0 Å². The topological polar surface area (TPSA) is 124 Å². The second kappa shape index (κ2) is 6.61. The van der Waals surface area contributed by atoms with Gasteiger partial charge in [0.25, 0.3) is 5.91 Å². The molecule has 7 N–H and O–H groups in total. The third-order valence-electron chi connectivity index (χ3n) is 2.55. The monoisotopic (exact) mass is 250 g/mol. The third-order valence-corrected chi connectivity index (χ3v) is 2.55. The van der Waals surface area contributed by atoms with E-state index < -0.39 is 11.9 Å². The van der Waals surface area contributed by atoms with Crippen LogP contribution in [0.1, 0.15) is 23.2 Å². The van der Waals surface area contributed by atoms with Gasteiger partial charge in [0.1, 0.15) is 0 Å². The van der Waals surface area contributed by atoms with E-state index in [4.69, 9.17) is 17.2 Å². The van der Waals surface area contributed by atoms with E-state index in [0.717, 1.165) is 0 Å². The fourth-order valence-corrected chi connectivity index (χ4v) is 1.47. The van der Waals surface area contributed by atoms with Gasteiger partial charge in [-0.15, -0.1) is 0 Å². The second-order valence-electron chi connectivity index (χ2n) is 3.99. The predicted octanol–water partition coefficient (Wildman–Crippen LogP) is -0.409. The van der Waals surface area contributed by atoms with Gasteiger partial charge in [0.2, 0.25) is 5.91 Å². The lowest BCUT2D eigenvalue weighted by Crippen LogP contribution is -2.37. The molecule has 1 aromatic rings. The number of nitrogens with two attached hydrogens (primary N) is 3. The van der Waals surface area contributed by atoms with Crippen LogP contribution in [0.2, 0.25) is 0 Å². The minimum absolute atomic E-state index is 0.235. The Hall–Kier alpha value is -2.08. The number of benzene rings is 1. The minimum atomic E-state index is -0.663. The maximum absolute atomic E-state index is 11.7. The molecule has 0 unspecified atom stereocenters. The van der Waals surface area contributed by atoms with Gasteiger partial charge in [-0.1, -0.05) is 12.1 Å². The van der Waals surface area contributed by atoms with Crippen molar-refractivity contribution in [2.45, 2.75) is 18.9 Å². The van der Waals surface area contributed by atoms with Gasteiger partial charge in [0, 0.05) is 12.2 Å². The van der Waals surface area contributed by atoms with Crippen molar-refractivity contribution in [3.05, 3.63) is 29.8 Å². The van der Waals surface area contributed by atoms with Gasteiger partial charge in [-0.25, -0.2) is 0 Å². The summed E-state index contributed by atoms with van der Waals surface area (Å²) in [6.45, 7) is 0.425. The lowest BCUT2D eigenvalue weighted by atomic mass is 10.1. The molecule has 0 spiro atoms. The van der Waals surface area contributed by atoms with Gasteiger partial charge in [0.15, 0.2) is 0 Å². The van der Waals surface area contributed by atoms with Gasteiger partial charge >= 0.3 is 0 Å². The van der Waals surface area contributed by atoms with E-state index in [1.165, 1.54) is 0 Å². The maximum atomic E-state index is 11.7. The SMILES string of the molecule is NC(=O)[C@@H](N)CCCNC(=O)c1ccccc1N. The first kappa shape index (κ1) is 14.0. The van der Waals surface area contributed by atoms with Crippen LogP contribution in [0.5, 0.6) is 0 Å². The summed E-state index contributed by atoms with van der Waals surface area (Å²) in [5.41, 5.74) is 17.0. The van der Waals surface area contributed by atoms with Crippen molar-refractivity contribution < 1.29 is 9.59 Å². The number of anilines is 1. The zero-order valence-corrected chi connectivity index (χ0v) is 10.1. The van der Waals surface area contributed by atoms with Crippen LogP contribution >= 0.6 is 0 Å². The summed E-state index contributed by atoms with van der Waals surface area (Å²) in [7, 11) is 0. The summed E-state index contributed by atoms with van der Waals surface area (Å²) in [4.78, 5) is 22.4. The molecule has 98 valence electrons. The molecule has 18 heavy (non-hydrogen) atoms. The van der Waals surface area contributed by atoms with Crippen LogP contribution in [0, 0.1) is 0 Å². The number of nitrogens with one attached hydrogen (secondary N) is 1. The van der Waals surface area contributed by atoms with Crippen molar-refractivity contribution in [2.24, 2.45) is 11.5 Å². The van der Waals surface area contributed by atoms with Gasteiger partial charge in [-0.3, -0.25) is 9.59 Å². The molecule has 1 aromatic carbocycles. The lowest BCUT2D eigenvalue weighted by molar-refractivity contribution is -0.119. The summed E-state index contributed by atoms with van der Waals surface area (Å²) in [6.07, 6.45) is 1.03. The fourth-order valence-electron chi connectivity index (χ4n) is 1.47. The average molecular weight is 250 g/mol. The maximum Gasteiger partial charge on any atom is 0.253 e. The molecule has 0 saturated carbocycles. The van der Waals surface area contributed by atoms with Gasteiger partial charge in [-0.2, -0.15) is 0 Å². The lowest BCUT2D eigenvalue weighted by Gasteiger charge is -2.09. The largest absolute Gasteiger partial charge is 0.398 e. The van der Waals surface area contributed by atoms with E-state index in [1.54, 1.807) is 24.3 Å². The molecule has 1 rings (SSSR count). The number of para-hydroxylation sites is 1. The zero-order valence-electron chi connectivity index (χ0n) is 10.1. The van der Waals surface area contributed by atoms with Crippen LogP contribution in [0.15, 0.2) is 24.3 Å². The molecular formula is C12H18N4O2. The van der Waals surface area contributed by atoms with Crippen LogP contribution in [0.3, 0.4) is 0 Å². The molecule has 0 saturated heterocycles. The number of amides is 2. The first-order valence-corrected chi connectivity index (χ1v) is 5.70. The molecule has 0 fully saturated rings. The number of hydrogen-bond acceptors (Lipinski definition) is 4. The van der Waals surface area contributed by atoms with Crippen LogP contribution in [-0.2, 0) is 4.79 Å². The van der Waals surface area contributed by atoms with Crippen molar-refractivity contribution in [1.82, 2.24) is 5.32 Å². The Bertz CT molecular complexity index is 434. The summed E-state index contributed by atoms with van der Waals surface area (Å²) in [5.74, 6) is -0.769. The van der Waals surface area contributed by atoms with Gasteiger partial charge < -0.3 is 22.5 Å². The molecule has 0 heterocycles. The van der Waals surface area contributed by atoms with Crippen molar-refractivity contribution in [1.29, 1.82) is 0 Å². The predicted molar refractivity (Wildman–Crippen MR) is 69.6 cm³/mol. The molecule has 2 amide bonds. The Morgan fingerprint density at radius 2 is 1.94 bits per heavy atom. The van der Waals surface area contributed by atoms with E-state index in [0.29, 0.717) is 30.6 Å². The quantitative estimate of drug-likeness (QED) is 0.404. The Kier molecular flexibility index (Phi) is 5.13. The molecule has 6 heteroatoms. The highest BCUT2D eigenvalue weighted by Gasteiger charge is 2.10. The molecule has 0 aromatic heterocycles. The standard InChI is InChI=1S/C12H18N4O2/c13-9-5-2-1-4-8(9)12(18)16-7-3-6-10(14)11(15)17/h1-2,4-5,10H,3,6-7,13-14H2,(H2,15,17)(H,16,18)/t10-/m0/s1. The van der Waals surface area contributed by atoms with Crippen molar-refractivity contribution in [3.8, 4) is 0 Å². The Labute approximate surface area is 106 Å². The van der Waals surface area contributed by atoms with Crippen LogP contribution in [-0.4, -0.2) is 24.4 Å². The number of rotatable bonds is 6. The van der Waals surface area contributed by atoms with Crippen molar-refractivity contribution in [3.63, 3.8) is 0 Å². The minimum Gasteiger partial charge on any atom is -0.398 e. The smallest absolute Gasteiger partial charge is 0.253 e. The highest BCUT2D eigenvalue weighted by atomic mass is 16.2. The second-order valence-corrected chi connectivity index (χ2v) is 3.99. The van der Waals surface area contributed by atoms with E-state index in [9.17, 15) is 9.59 Å². The van der Waals surface area contributed by atoms with Crippen LogP contribution in [0.25, 0.3) is 0 Å². The Balaban J connectivity index is 2.34. The molecule has 0 radical (unpaired) electrons. The molecule has 0 aliphatic carbocycles. The number of primary amides is 1. The number of nitrogen functional groups attached to an aromatic ring is 1. The molecular weight excluding hydrogens is 232 g/mol. The molecule has 0 aliphatic rings. The van der Waals surface area contributed by atoms with E-state index in [2.05, 4.69) is 5.32 Å².